The summed E-state index contributed by atoms with van der Waals surface area (Å²) in [6.07, 6.45) is 0. The van der Waals surface area contributed by atoms with Crippen molar-refractivity contribution in [2.75, 3.05) is 67.2 Å². The number of nitrogens with one attached hydrogen (secondary N) is 2. The maximum Gasteiger partial charge on any atom is 0.241 e. The Morgan fingerprint density at radius 2 is 1.90 bits per heavy atom. The number of aliphatic imine (C=N–C) groups is 1. The van der Waals surface area contributed by atoms with Crippen molar-refractivity contribution >= 4 is 35.8 Å². The molecule has 0 aliphatic carbocycles. The first kappa shape index (κ1) is 25.6. The molecule has 1 aromatic rings. The molecule has 29 heavy (non-hydrogen) atoms. The maximum atomic E-state index is 11.9. The lowest BCUT2D eigenvalue weighted by atomic mass is 10.1. The molecule has 8 nitrogen and oxygen atoms in total. The summed E-state index contributed by atoms with van der Waals surface area (Å²) in [6, 6.07) is 8.36. The van der Waals surface area contributed by atoms with Crippen molar-refractivity contribution < 1.29 is 14.3 Å². The zero-order valence-corrected chi connectivity index (χ0v) is 20.0. The number of benzene rings is 1. The number of amides is 1. The highest BCUT2D eigenvalue weighted by atomic mass is 127. The molecule has 0 saturated carbocycles. The van der Waals surface area contributed by atoms with Crippen molar-refractivity contribution in [3.63, 3.8) is 0 Å². The molecule has 1 saturated heterocycles. The summed E-state index contributed by atoms with van der Waals surface area (Å²) < 4.78 is 10.5. The molecule has 0 bridgehead atoms. The molecule has 164 valence electrons. The number of morpholine rings is 1. The molecule has 1 aliphatic heterocycles. The molecular formula is C20H34IN5O3. The van der Waals surface area contributed by atoms with E-state index >= 15 is 0 Å². The number of hydrogen-bond donors (Lipinski definition) is 2. The van der Waals surface area contributed by atoms with Crippen LogP contribution >= 0.6 is 24.0 Å². The predicted molar refractivity (Wildman–Crippen MR) is 126 cm³/mol. The van der Waals surface area contributed by atoms with Gasteiger partial charge in [0.1, 0.15) is 0 Å². The van der Waals surface area contributed by atoms with Crippen LogP contribution in [0, 0.1) is 0 Å². The number of hydrogen-bond acceptors (Lipinski definition) is 5. The number of halogens is 1. The molecule has 1 aromatic carbocycles. The molecule has 2 rings (SSSR count). The van der Waals surface area contributed by atoms with Crippen LogP contribution in [0.3, 0.4) is 0 Å². The van der Waals surface area contributed by atoms with Crippen LogP contribution in [0.2, 0.25) is 0 Å². The van der Waals surface area contributed by atoms with Crippen LogP contribution in [0.5, 0.6) is 0 Å². The van der Waals surface area contributed by atoms with E-state index in [1.807, 2.05) is 6.07 Å². The molecule has 1 amide bonds. The number of nitrogens with zero attached hydrogens (tertiary/aromatic N) is 3. The van der Waals surface area contributed by atoms with Gasteiger partial charge in [-0.2, -0.15) is 0 Å². The highest BCUT2D eigenvalue weighted by Crippen LogP contribution is 2.14. The van der Waals surface area contributed by atoms with Crippen molar-refractivity contribution in [2.45, 2.75) is 13.1 Å². The van der Waals surface area contributed by atoms with Gasteiger partial charge in [0.15, 0.2) is 5.96 Å². The van der Waals surface area contributed by atoms with Crippen molar-refractivity contribution in [1.82, 2.24) is 20.4 Å². The van der Waals surface area contributed by atoms with Gasteiger partial charge in [-0.1, -0.05) is 24.3 Å². The number of carbonyl (C=O) groups excluding carboxylic acids is 1. The Balaban J connectivity index is 0.00000420. The second-order valence-corrected chi connectivity index (χ2v) is 6.88. The molecule has 9 heteroatoms. The van der Waals surface area contributed by atoms with Gasteiger partial charge in [-0.25, -0.2) is 4.99 Å². The van der Waals surface area contributed by atoms with E-state index in [4.69, 9.17) is 9.47 Å². The largest absolute Gasteiger partial charge is 0.383 e. The van der Waals surface area contributed by atoms with E-state index in [2.05, 4.69) is 38.7 Å². The lowest BCUT2D eigenvalue weighted by molar-refractivity contribution is -0.127. The highest BCUT2D eigenvalue weighted by molar-refractivity contribution is 14.0. The number of rotatable bonds is 9. The van der Waals surface area contributed by atoms with Gasteiger partial charge < -0.3 is 25.0 Å². The molecule has 0 unspecified atom stereocenters. The van der Waals surface area contributed by atoms with Crippen LogP contribution in [-0.2, 0) is 27.4 Å². The summed E-state index contributed by atoms with van der Waals surface area (Å²) in [4.78, 5) is 20.5. The van der Waals surface area contributed by atoms with Crippen LogP contribution in [0.25, 0.3) is 0 Å². The third kappa shape index (κ3) is 9.75. The van der Waals surface area contributed by atoms with Gasteiger partial charge >= 0.3 is 0 Å². The summed E-state index contributed by atoms with van der Waals surface area (Å²) in [5, 5.41) is 6.30. The summed E-state index contributed by atoms with van der Waals surface area (Å²) in [6.45, 7) is 6.30. The molecule has 0 aromatic heterocycles. The number of methoxy groups -OCH3 is 1. The molecule has 0 radical (unpaired) electrons. The number of guanidine groups is 1. The van der Waals surface area contributed by atoms with Crippen molar-refractivity contribution in [1.29, 1.82) is 0 Å². The minimum Gasteiger partial charge on any atom is -0.383 e. The fourth-order valence-corrected chi connectivity index (χ4v) is 2.79. The zero-order valence-electron chi connectivity index (χ0n) is 17.6. The summed E-state index contributed by atoms with van der Waals surface area (Å²) in [5.74, 6) is 0.599. The first-order valence-corrected chi connectivity index (χ1v) is 9.68. The van der Waals surface area contributed by atoms with Gasteiger partial charge in [0, 0.05) is 47.4 Å². The molecule has 1 fully saturated rings. The van der Waals surface area contributed by atoms with Crippen molar-refractivity contribution in [3.8, 4) is 0 Å². The highest BCUT2D eigenvalue weighted by Gasteiger charge is 2.13. The quantitative estimate of drug-likeness (QED) is 0.219. The lowest BCUT2D eigenvalue weighted by Crippen LogP contribution is -2.43. The summed E-state index contributed by atoms with van der Waals surface area (Å²) in [5.41, 5.74) is 2.45. The third-order valence-corrected chi connectivity index (χ3v) is 4.53. The van der Waals surface area contributed by atoms with Gasteiger partial charge in [0.05, 0.1) is 32.9 Å². The Bertz CT molecular complexity index is 636. The van der Waals surface area contributed by atoms with Crippen LogP contribution in [0.1, 0.15) is 11.1 Å². The van der Waals surface area contributed by atoms with E-state index in [1.165, 1.54) is 11.1 Å². The molecular weight excluding hydrogens is 485 g/mol. The van der Waals surface area contributed by atoms with E-state index in [0.717, 1.165) is 32.8 Å². The monoisotopic (exact) mass is 519 g/mol. The first-order chi connectivity index (χ1) is 13.6. The average Bonchev–Trinajstić information content (AvgIpc) is 2.71. The van der Waals surface area contributed by atoms with Crippen LogP contribution in [-0.4, -0.2) is 88.9 Å². The van der Waals surface area contributed by atoms with Gasteiger partial charge in [-0.3, -0.25) is 9.69 Å². The van der Waals surface area contributed by atoms with Crippen LogP contribution in [0.4, 0.5) is 0 Å². The average molecular weight is 519 g/mol. The van der Waals surface area contributed by atoms with Gasteiger partial charge in [-0.15, -0.1) is 24.0 Å². The van der Waals surface area contributed by atoms with E-state index in [0.29, 0.717) is 25.7 Å². The standard InChI is InChI=1S/C20H33N5O3.HI/c1-24(2)19(26)15-23-20(21-8-11-27-3)22-14-17-6-4-5-7-18(17)16-25-9-12-28-13-10-25;/h4-7H,8-16H2,1-3H3,(H2,21,22,23);1H. The fraction of sp³-hybridized carbons (Fsp3) is 0.600. The molecule has 1 heterocycles. The Labute approximate surface area is 191 Å². The number of carbonyl (C=O) groups is 1. The van der Waals surface area contributed by atoms with E-state index in [9.17, 15) is 4.79 Å². The predicted octanol–water partition coefficient (Wildman–Crippen LogP) is 0.907. The lowest BCUT2D eigenvalue weighted by Gasteiger charge is -2.27. The third-order valence-electron chi connectivity index (χ3n) is 4.53. The second kappa shape index (κ2) is 14.5. The van der Waals surface area contributed by atoms with Crippen molar-refractivity contribution in [2.24, 2.45) is 4.99 Å². The normalized spacial score (nSPS) is 14.8. The van der Waals surface area contributed by atoms with Crippen molar-refractivity contribution in [3.05, 3.63) is 35.4 Å². The molecule has 0 spiro atoms. The fourth-order valence-electron chi connectivity index (χ4n) is 2.79. The van der Waals surface area contributed by atoms with Crippen LogP contribution in [0.15, 0.2) is 29.3 Å². The topological polar surface area (TPSA) is 78.4 Å². The molecule has 2 N–H and O–H groups in total. The second-order valence-electron chi connectivity index (χ2n) is 6.88. The Hall–Kier alpha value is -1.43. The van der Waals surface area contributed by atoms with Gasteiger partial charge in [0.2, 0.25) is 5.91 Å². The molecule has 1 aliphatic rings. The Kier molecular flexibility index (Phi) is 12.8. The minimum absolute atomic E-state index is 0. The van der Waals surface area contributed by atoms with Crippen LogP contribution < -0.4 is 10.6 Å². The Morgan fingerprint density at radius 3 is 2.55 bits per heavy atom. The van der Waals surface area contributed by atoms with Gasteiger partial charge in [-0.05, 0) is 11.1 Å². The minimum atomic E-state index is -0.00559. The SMILES string of the molecule is COCCNC(=NCc1ccccc1CN1CCOCC1)NCC(=O)N(C)C.I. The summed E-state index contributed by atoms with van der Waals surface area (Å²) in [7, 11) is 5.13. The number of ether oxygens (including phenoxy) is 2. The zero-order chi connectivity index (χ0) is 20.2. The smallest absolute Gasteiger partial charge is 0.241 e. The van der Waals surface area contributed by atoms with Gasteiger partial charge in [0.25, 0.3) is 0 Å². The first-order valence-electron chi connectivity index (χ1n) is 9.68. The van der Waals surface area contributed by atoms with E-state index in [-0.39, 0.29) is 36.4 Å². The van der Waals surface area contributed by atoms with E-state index < -0.39 is 0 Å². The number of likely N-dealkylation sites (N-methyl/N-ethyl adjacent to an activating group) is 1. The van der Waals surface area contributed by atoms with E-state index in [1.54, 1.807) is 26.1 Å². The Morgan fingerprint density at radius 1 is 1.21 bits per heavy atom. The molecule has 0 atom stereocenters. The maximum absolute atomic E-state index is 11.9. The summed E-state index contributed by atoms with van der Waals surface area (Å²) >= 11 is 0.